The highest BCUT2D eigenvalue weighted by Crippen LogP contribution is 1.88. The van der Waals surface area contributed by atoms with Gasteiger partial charge in [-0.3, -0.25) is 9.63 Å². The summed E-state index contributed by atoms with van der Waals surface area (Å²) in [6.45, 7) is 2.05. The van der Waals surface area contributed by atoms with Crippen molar-refractivity contribution in [3.8, 4) is 0 Å². The zero-order chi connectivity index (χ0) is 9.56. The number of rotatable bonds is 5. The fraction of sp³-hybridized carbons (Fsp3) is 0.833. The van der Waals surface area contributed by atoms with Crippen molar-refractivity contribution >= 4 is 13.0 Å². The smallest absolute Gasteiger partial charge is 0.373 e. The fourth-order valence-electron chi connectivity index (χ4n) is 0.647. The molecule has 0 aromatic heterocycles. The van der Waals surface area contributed by atoms with Crippen molar-refractivity contribution in [3.05, 3.63) is 0 Å². The van der Waals surface area contributed by atoms with E-state index in [1.165, 1.54) is 7.11 Å². The second-order valence-corrected chi connectivity index (χ2v) is 2.45. The number of hydrogen-bond donors (Lipinski definition) is 2. The van der Waals surface area contributed by atoms with E-state index in [0.717, 1.165) is 5.06 Å². The van der Waals surface area contributed by atoms with E-state index in [2.05, 4.69) is 10.1 Å². The summed E-state index contributed by atoms with van der Waals surface area (Å²) >= 11 is 0. The predicted octanol–water partition coefficient (Wildman–Crippen LogP) is -0.904. The van der Waals surface area contributed by atoms with E-state index in [1.807, 2.05) is 0 Å². The summed E-state index contributed by atoms with van der Waals surface area (Å²) in [5, 5.41) is 12.7. The number of amides is 1. The SMILES string of the molecule is CON(C)C(=O)CCNB(C)O. The summed E-state index contributed by atoms with van der Waals surface area (Å²) < 4.78 is 0. The molecular weight excluding hydrogens is 159 g/mol. The average molecular weight is 174 g/mol. The molecule has 0 saturated carbocycles. The first-order valence-corrected chi connectivity index (χ1v) is 3.80. The third-order valence-electron chi connectivity index (χ3n) is 1.40. The lowest BCUT2D eigenvalue weighted by molar-refractivity contribution is -0.168. The van der Waals surface area contributed by atoms with E-state index >= 15 is 0 Å². The van der Waals surface area contributed by atoms with Gasteiger partial charge in [0.15, 0.2) is 0 Å². The van der Waals surface area contributed by atoms with Crippen LogP contribution in [0, 0.1) is 0 Å². The molecule has 0 aliphatic rings. The van der Waals surface area contributed by atoms with E-state index in [-0.39, 0.29) is 5.91 Å². The second kappa shape index (κ2) is 5.99. The van der Waals surface area contributed by atoms with Crippen molar-refractivity contribution in [2.45, 2.75) is 13.2 Å². The van der Waals surface area contributed by atoms with Gasteiger partial charge in [0, 0.05) is 13.5 Å². The van der Waals surface area contributed by atoms with Crippen LogP contribution in [0.5, 0.6) is 0 Å². The Morgan fingerprint density at radius 3 is 2.75 bits per heavy atom. The molecule has 0 fully saturated rings. The molecule has 0 aliphatic heterocycles. The summed E-state index contributed by atoms with van der Waals surface area (Å²) in [6.07, 6.45) is 0.315. The molecule has 0 aromatic rings. The number of nitrogens with zero attached hydrogens (tertiary/aromatic N) is 1. The van der Waals surface area contributed by atoms with Gasteiger partial charge in [-0.1, -0.05) is 0 Å². The van der Waals surface area contributed by atoms with Crippen molar-refractivity contribution in [3.63, 3.8) is 0 Å². The molecule has 2 N–H and O–H groups in total. The Hall–Kier alpha value is -0.585. The van der Waals surface area contributed by atoms with Crippen LogP contribution in [-0.4, -0.2) is 43.7 Å². The maximum atomic E-state index is 11.0. The molecule has 0 atom stereocenters. The molecule has 5 nitrogen and oxygen atoms in total. The lowest BCUT2D eigenvalue weighted by Gasteiger charge is -2.13. The minimum Gasteiger partial charge on any atom is -0.437 e. The first-order valence-electron chi connectivity index (χ1n) is 3.80. The molecular formula is C6H15BN2O3. The van der Waals surface area contributed by atoms with Gasteiger partial charge in [0.1, 0.15) is 0 Å². The zero-order valence-corrected chi connectivity index (χ0v) is 7.70. The summed E-state index contributed by atoms with van der Waals surface area (Å²) in [5.41, 5.74) is 0. The summed E-state index contributed by atoms with van der Waals surface area (Å²) in [7, 11) is 2.40. The van der Waals surface area contributed by atoms with Crippen molar-refractivity contribution in [1.82, 2.24) is 10.3 Å². The Morgan fingerprint density at radius 2 is 2.33 bits per heavy atom. The molecule has 0 radical (unpaired) electrons. The zero-order valence-electron chi connectivity index (χ0n) is 7.70. The van der Waals surface area contributed by atoms with Crippen LogP contribution in [0.25, 0.3) is 0 Å². The van der Waals surface area contributed by atoms with Gasteiger partial charge in [0.2, 0.25) is 5.91 Å². The highest BCUT2D eigenvalue weighted by molar-refractivity contribution is 6.45. The van der Waals surface area contributed by atoms with Crippen molar-refractivity contribution < 1.29 is 14.7 Å². The van der Waals surface area contributed by atoms with Crippen LogP contribution in [0.4, 0.5) is 0 Å². The maximum absolute atomic E-state index is 11.0. The van der Waals surface area contributed by atoms with Gasteiger partial charge in [-0.15, -0.1) is 0 Å². The average Bonchev–Trinajstić information content (AvgIpc) is 2.02. The largest absolute Gasteiger partial charge is 0.437 e. The first-order chi connectivity index (χ1) is 5.57. The molecule has 0 aromatic carbocycles. The summed E-state index contributed by atoms with van der Waals surface area (Å²) in [6, 6.07) is 0. The second-order valence-electron chi connectivity index (χ2n) is 2.45. The topological polar surface area (TPSA) is 61.8 Å². The van der Waals surface area contributed by atoms with Crippen molar-refractivity contribution in [1.29, 1.82) is 0 Å². The fourth-order valence-corrected chi connectivity index (χ4v) is 0.647. The highest BCUT2D eigenvalue weighted by Gasteiger charge is 2.08. The third kappa shape index (κ3) is 5.12. The van der Waals surface area contributed by atoms with E-state index in [9.17, 15) is 4.79 Å². The number of carbonyl (C=O) groups excluding carboxylic acids is 1. The monoisotopic (exact) mass is 174 g/mol. The Kier molecular flexibility index (Phi) is 5.70. The Balaban J connectivity index is 3.44. The van der Waals surface area contributed by atoms with Gasteiger partial charge in [0.25, 0.3) is 0 Å². The Labute approximate surface area is 72.8 Å². The Bertz CT molecular complexity index is 143. The van der Waals surface area contributed by atoms with E-state index < -0.39 is 7.05 Å². The van der Waals surface area contributed by atoms with Crippen LogP contribution < -0.4 is 5.23 Å². The lowest BCUT2D eigenvalue weighted by Crippen LogP contribution is -2.35. The quantitative estimate of drug-likeness (QED) is 0.418. The molecule has 12 heavy (non-hydrogen) atoms. The van der Waals surface area contributed by atoms with Gasteiger partial charge in [-0.05, 0) is 13.4 Å². The summed E-state index contributed by atoms with van der Waals surface area (Å²) in [4.78, 5) is 15.7. The van der Waals surface area contributed by atoms with Gasteiger partial charge in [-0.2, -0.15) is 0 Å². The van der Waals surface area contributed by atoms with Crippen molar-refractivity contribution in [2.75, 3.05) is 20.7 Å². The number of nitrogens with one attached hydrogen (secondary N) is 1. The minimum absolute atomic E-state index is 0.120. The molecule has 6 heteroatoms. The molecule has 0 unspecified atom stereocenters. The van der Waals surface area contributed by atoms with E-state index in [0.29, 0.717) is 13.0 Å². The molecule has 0 bridgehead atoms. The van der Waals surface area contributed by atoms with Gasteiger partial charge >= 0.3 is 7.05 Å². The van der Waals surface area contributed by atoms with E-state index in [4.69, 9.17) is 5.02 Å². The normalized spacial score (nSPS) is 9.67. The van der Waals surface area contributed by atoms with Crippen LogP contribution >= 0.6 is 0 Å². The minimum atomic E-state index is -0.578. The maximum Gasteiger partial charge on any atom is 0.373 e. The van der Waals surface area contributed by atoms with Crippen LogP contribution in [-0.2, 0) is 9.63 Å². The van der Waals surface area contributed by atoms with Gasteiger partial charge < -0.3 is 10.3 Å². The molecule has 1 amide bonds. The van der Waals surface area contributed by atoms with Crippen molar-refractivity contribution in [2.24, 2.45) is 0 Å². The predicted molar refractivity (Wildman–Crippen MR) is 46.2 cm³/mol. The van der Waals surface area contributed by atoms with Gasteiger partial charge in [-0.25, -0.2) is 5.06 Å². The molecule has 0 saturated heterocycles. The molecule has 0 heterocycles. The van der Waals surface area contributed by atoms with Crippen LogP contribution in [0.3, 0.4) is 0 Å². The molecule has 70 valence electrons. The van der Waals surface area contributed by atoms with E-state index in [1.54, 1.807) is 13.9 Å². The standard InChI is InChI=1S/C6H15BN2O3/c1-7(11)8-5-4-6(10)9(2)12-3/h8,11H,4-5H2,1-3H3. The van der Waals surface area contributed by atoms with Gasteiger partial charge in [0.05, 0.1) is 7.11 Å². The molecule has 0 aliphatic carbocycles. The Morgan fingerprint density at radius 1 is 1.75 bits per heavy atom. The number of hydroxylamine groups is 2. The van der Waals surface area contributed by atoms with Crippen LogP contribution in [0.1, 0.15) is 6.42 Å². The molecule has 0 spiro atoms. The lowest BCUT2D eigenvalue weighted by atomic mass is 9.89. The first kappa shape index (κ1) is 11.4. The number of hydrogen-bond acceptors (Lipinski definition) is 4. The summed E-state index contributed by atoms with van der Waals surface area (Å²) in [5.74, 6) is -0.120. The van der Waals surface area contributed by atoms with Crippen LogP contribution in [0.15, 0.2) is 0 Å². The third-order valence-corrected chi connectivity index (χ3v) is 1.40. The molecule has 0 rings (SSSR count). The number of carbonyl (C=O) groups is 1. The van der Waals surface area contributed by atoms with Crippen LogP contribution in [0.2, 0.25) is 6.82 Å². The highest BCUT2D eigenvalue weighted by atomic mass is 16.7.